The van der Waals surface area contributed by atoms with Crippen LogP contribution in [0.25, 0.3) is 6.08 Å². The molecule has 1 aromatic carbocycles. The minimum Gasteiger partial charge on any atom is -0.400 e. The first kappa shape index (κ1) is 17.9. The molecule has 126 valence electrons. The number of nitrogens with one attached hydrogen (secondary N) is 1. The number of nitrogen functional groups attached to an aromatic ring is 1. The van der Waals surface area contributed by atoms with Crippen LogP contribution in [0.5, 0.6) is 0 Å². The van der Waals surface area contributed by atoms with Gasteiger partial charge in [-0.05, 0) is 46.3 Å². The highest BCUT2D eigenvalue weighted by molar-refractivity contribution is 6.56. The van der Waals surface area contributed by atoms with Crippen LogP contribution in [0.4, 0.5) is 14.5 Å². The lowest BCUT2D eigenvalue weighted by atomic mass is 9.77. The summed E-state index contributed by atoms with van der Waals surface area (Å²) in [6.07, 6.45) is 1.61. The topological polar surface area (TPSA) is 56.5 Å². The summed E-state index contributed by atoms with van der Waals surface area (Å²) in [6, 6.07) is 1.96. The van der Waals surface area contributed by atoms with Gasteiger partial charge in [-0.15, -0.1) is 0 Å². The maximum Gasteiger partial charge on any atom is 0.491 e. The molecule has 0 unspecified atom stereocenters. The fraction of sp³-hybridized carbons (Fsp3) is 0.500. The third-order valence-electron chi connectivity index (χ3n) is 4.40. The van der Waals surface area contributed by atoms with E-state index in [1.54, 1.807) is 13.1 Å². The highest BCUT2D eigenvalue weighted by Gasteiger charge is 2.52. The number of likely N-dealkylation sites (N-methyl/N-ethyl adjacent to an activating group) is 1. The van der Waals surface area contributed by atoms with Gasteiger partial charge in [0.25, 0.3) is 0 Å². The summed E-state index contributed by atoms with van der Waals surface area (Å²) < 4.78 is 39.1. The Hall–Kier alpha value is -1.44. The van der Waals surface area contributed by atoms with Crippen LogP contribution in [0.3, 0.4) is 0 Å². The van der Waals surface area contributed by atoms with Crippen molar-refractivity contribution in [2.24, 2.45) is 0 Å². The largest absolute Gasteiger partial charge is 0.491 e. The van der Waals surface area contributed by atoms with E-state index in [9.17, 15) is 8.78 Å². The van der Waals surface area contributed by atoms with Crippen LogP contribution in [0.1, 0.15) is 33.3 Å². The van der Waals surface area contributed by atoms with Gasteiger partial charge < -0.3 is 20.4 Å². The number of nitrogens with two attached hydrogens (primary N) is 1. The molecule has 4 nitrogen and oxygen atoms in total. The second-order valence-corrected chi connectivity index (χ2v) is 6.73. The van der Waals surface area contributed by atoms with Crippen LogP contribution < -0.4 is 11.1 Å². The lowest BCUT2D eigenvalue weighted by molar-refractivity contribution is 0.00578. The van der Waals surface area contributed by atoms with Crippen molar-refractivity contribution < 1.29 is 18.1 Å². The molecule has 0 atom stereocenters. The standard InChI is InChI=1S/C16H23BF2N2O2/c1-15(2)16(3,4)23-17(22-15)11(9-21-5)6-10-7-12(18)8-13(19)14(10)20/h6-8,21H,9,20H2,1-5H3. The molecule has 0 aliphatic carbocycles. The van der Waals surface area contributed by atoms with E-state index < -0.39 is 30.0 Å². The van der Waals surface area contributed by atoms with E-state index >= 15 is 0 Å². The summed E-state index contributed by atoms with van der Waals surface area (Å²) in [5.41, 5.74) is 5.60. The zero-order valence-corrected chi connectivity index (χ0v) is 14.2. The van der Waals surface area contributed by atoms with Gasteiger partial charge in [-0.3, -0.25) is 0 Å². The summed E-state index contributed by atoms with van der Waals surface area (Å²) in [7, 11) is 1.16. The van der Waals surface area contributed by atoms with E-state index in [2.05, 4.69) is 5.32 Å². The molecule has 0 radical (unpaired) electrons. The average Bonchev–Trinajstić information content (AvgIpc) is 2.63. The number of anilines is 1. The first-order valence-electron chi connectivity index (χ1n) is 7.52. The molecule has 0 aromatic heterocycles. The van der Waals surface area contributed by atoms with Gasteiger partial charge in [0.2, 0.25) is 0 Å². The molecule has 2 rings (SSSR count). The van der Waals surface area contributed by atoms with Gasteiger partial charge >= 0.3 is 7.12 Å². The zero-order valence-electron chi connectivity index (χ0n) is 14.2. The van der Waals surface area contributed by atoms with E-state index in [1.807, 2.05) is 27.7 Å². The van der Waals surface area contributed by atoms with Crippen molar-refractivity contribution in [2.45, 2.75) is 38.9 Å². The minimum absolute atomic E-state index is 0.100. The maximum absolute atomic E-state index is 13.6. The lowest BCUT2D eigenvalue weighted by Crippen LogP contribution is -2.41. The number of rotatable bonds is 4. The van der Waals surface area contributed by atoms with E-state index in [1.165, 1.54) is 6.07 Å². The Morgan fingerprint density at radius 1 is 1.22 bits per heavy atom. The van der Waals surface area contributed by atoms with Gasteiger partial charge in [-0.25, -0.2) is 8.78 Å². The summed E-state index contributed by atoms with van der Waals surface area (Å²) in [4.78, 5) is 0. The average molecular weight is 324 g/mol. The normalized spacial score (nSPS) is 20.1. The molecular formula is C16H23BF2N2O2. The Morgan fingerprint density at radius 2 is 1.78 bits per heavy atom. The first-order valence-corrected chi connectivity index (χ1v) is 7.52. The van der Waals surface area contributed by atoms with Crippen LogP contribution in [-0.4, -0.2) is 31.9 Å². The SMILES string of the molecule is CNCC(=Cc1cc(F)cc(F)c1N)B1OC(C)(C)C(C)(C)O1. The van der Waals surface area contributed by atoms with Crippen molar-refractivity contribution in [1.82, 2.24) is 5.32 Å². The van der Waals surface area contributed by atoms with Gasteiger partial charge in [0, 0.05) is 18.2 Å². The Balaban J connectivity index is 2.40. The number of hydrogen-bond acceptors (Lipinski definition) is 4. The van der Waals surface area contributed by atoms with Gasteiger partial charge in [0.05, 0.1) is 16.9 Å². The number of halogens is 2. The van der Waals surface area contributed by atoms with E-state index in [0.29, 0.717) is 12.0 Å². The maximum atomic E-state index is 13.6. The third-order valence-corrected chi connectivity index (χ3v) is 4.40. The molecule has 0 amide bonds. The molecule has 7 heteroatoms. The van der Waals surface area contributed by atoms with Crippen molar-refractivity contribution >= 4 is 18.9 Å². The zero-order chi connectivity index (χ0) is 17.4. The molecule has 1 heterocycles. The first-order chi connectivity index (χ1) is 10.6. The molecule has 1 saturated heterocycles. The summed E-state index contributed by atoms with van der Waals surface area (Å²) in [6.45, 7) is 8.22. The molecule has 0 spiro atoms. The predicted molar refractivity (Wildman–Crippen MR) is 88.8 cm³/mol. The smallest absolute Gasteiger partial charge is 0.400 e. The Morgan fingerprint density at radius 3 is 2.30 bits per heavy atom. The predicted octanol–water partition coefficient (Wildman–Crippen LogP) is 2.78. The van der Waals surface area contributed by atoms with Crippen molar-refractivity contribution in [3.8, 4) is 0 Å². The summed E-state index contributed by atoms with van der Waals surface area (Å²) >= 11 is 0. The van der Waals surface area contributed by atoms with Crippen LogP contribution in [0.15, 0.2) is 17.6 Å². The second-order valence-electron chi connectivity index (χ2n) is 6.73. The van der Waals surface area contributed by atoms with E-state index in [-0.39, 0.29) is 11.3 Å². The Bertz CT molecular complexity index is 617. The Kier molecular flexibility index (Phi) is 4.85. The van der Waals surface area contributed by atoms with Crippen molar-refractivity contribution in [1.29, 1.82) is 0 Å². The third kappa shape index (κ3) is 3.57. The van der Waals surface area contributed by atoms with Gasteiger partial charge in [-0.2, -0.15) is 0 Å². The van der Waals surface area contributed by atoms with Gasteiger partial charge in [0.1, 0.15) is 11.6 Å². The van der Waals surface area contributed by atoms with Crippen LogP contribution >= 0.6 is 0 Å². The van der Waals surface area contributed by atoms with E-state index in [4.69, 9.17) is 15.0 Å². The van der Waals surface area contributed by atoms with Crippen molar-refractivity contribution in [3.05, 3.63) is 34.8 Å². The highest BCUT2D eigenvalue weighted by Crippen LogP contribution is 2.39. The van der Waals surface area contributed by atoms with Crippen LogP contribution in [0.2, 0.25) is 0 Å². The molecule has 0 saturated carbocycles. The molecule has 3 N–H and O–H groups in total. The van der Waals surface area contributed by atoms with Crippen LogP contribution in [0, 0.1) is 11.6 Å². The van der Waals surface area contributed by atoms with Gasteiger partial charge in [-0.1, -0.05) is 6.08 Å². The minimum atomic E-state index is -0.783. The van der Waals surface area contributed by atoms with Gasteiger partial charge in [0.15, 0.2) is 0 Å². The van der Waals surface area contributed by atoms with Crippen molar-refractivity contribution in [2.75, 3.05) is 19.3 Å². The quantitative estimate of drug-likeness (QED) is 0.660. The number of benzene rings is 1. The molecule has 1 aliphatic rings. The number of hydrogen-bond donors (Lipinski definition) is 2. The fourth-order valence-corrected chi connectivity index (χ4v) is 2.32. The molecule has 1 aromatic rings. The van der Waals surface area contributed by atoms with Crippen LogP contribution in [-0.2, 0) is 9.31 Å². The second kappa shape index (κ2) is 6.22. The fourth-order valence-electron chi connectivity index (χ4n) is 2.32. The summed E-state index contributed by atoms with van der Waals surface area (Å²) in [5, 5.41) is 3.01. The molecule has 1 fully saturated rings. The Labute approximate surface area is 136 Å². The lowest BCUT2D eigenvalue weighted by Gasteiger charge is -2.32. The molecule has 0 bridgehead atoms. The highest BCUT2D eigenvalue weighted by atomic mass is 19.1. The molecule has 23 heavy (non-hydrogen) atoms. The monoisotopic (exact) mass is 324 g/mol. The van der Waals surface area contributed by atoms with E-state index in [0.717, 1.165) is 6.07 Å². The van der Waals surface area contributed by atoms with Crippen molar-refractivity contribution in [3.63, 3.8) is 0 Å². The molecule has 1 aliphatic heterocycles. The molecular weight excluding hydrogens is 301 g/mol. The summed E-state index contributed by atoms with van der Waals surface area (Å²) in [5.74, 6) is -1.46.